The largest absolute Gasteiger partial charge is 0.414 e. The first-order valence-corrected chi connectivity index (χ1v) is 14.8. The second kappa shape index (κ2) is 8.90. The molecule has 0 amide bonds. The molecular formula is C25H35ClN4OSi. The summed E-state index contributed by atoms with van der Waals surface area (Å²) in [7, 11) is -1.85. The maximum absolute atomic E-state index is 6.69. The summed E-state index contributed by atoms with van der Waals surface area (Å²) in [5.74, 6) is 0.597. The summed E-state index contributed by atoms with van der Waals surface area (Å²) in [4.78, 5) is 9.29. The summed E-state index contributed by atoms with van der Waals surface area (Å²) in [5.41, 5.74) is 10.8. The number of halogens is 1. The van der Waals surface area contributed by atoms with Crippen molar-refractivity contribution < 1.29 is 4.43 Å². The summed E-state index contributed by atoms with van der Waals surface area (Å²) in [6.45, 7) is 11.4. The second-order valence-corrected chi connectivity index (χ2v) is 15.8. The molecule has 172 valence electrons. The molecule has 0 aliphatic heterocycles. The lowest BCUT2D eigenvalue weighted by Crippen LogP contribution is -2.49. The molecule has 1 saturated carbocycles. The molecule has 1 heterocycles. The van der Waals surface area contributed by atoms with E-state index < -0.39 is 8.32 Å². The van der Waals surface area contributed by atoms with Crippen LogP contribution < -0.4 is 11.1 Å². The van der Waals surface area contributed by atoms with Crippen molar-refractivity contribution in [3.8, 4) is 0 Å². The molecule has 2 aliphatic carbocycles. The summed E-state index contributed by atoms with van der Waals surface area (Å²) in [6.07, 6.45) is 7.65. The van der Waals surface area contributed by atoms with Crippen LogP contribution >= 0.6 is 11.6 Å². The Kier molecular flexibility index (Phi) is 6.51. The Labute approximate surface area is 198 Å². The average molecular weight is 471 g/mol. The molecule has 7 heteroatoms. The third kappa shape index (κ3) is 4.93. The molecule has 32 heavy (non-hydrogen) atoms. The molecule has 3 N–H and O–H groups in total. The van der Waals surface area contributed by atoms with Gasteiger partial charge < -0.3 is 15.5 Å². The Hall–Kier alpha value is -1.73. The van der Waals surface area contributed by atoms with Crippen molar-refractivity contribution in [2.45, 2.75) is 82.8 Å². The van der Waals surface area contributed by atoms with E-state index in [9.17, 15) is 0 Å². The Morgan fingerprint density at radius 1 is 1.16 bits per heavy atom. The highest BCUT2D eigenvalue weighted by molar-refractivity contribution is 6.74. The molecule has 0 spiro atoms. The lowest BCUT2D eigenvalue weighted by atomic mass is 9.89. The molecule has 1 aromatic carbocycles. The molecule has 3 atom stereocenters. The van der Waals surface area contributed by atoms with E-state index in [4.69, 9.17) is 26.7 Å². The van der Waals surface area contributed by atoms with E-state index in [1.165, 1.54) is 11.1 Å². The smallest absolute Gasteiger partial charge is 0.223 e. The van der Waals surface area contributed by atoms with Gasteiger partial charge in [-0.15, -0.1) is 0 Å². The number of allylic oxidation sites excluding steroid dienone is 1. The minimum Gasteiger partial charge on any atom is -0.414 e. The van der Waals surface area contributed by atoms with Crippen LogP contribution in [0.4, 0.5) is 5.95 Å². The molecule has 0 radical (unpaired) electrons. The first-order valence-electron chi connectivity index (χ1n) is 11.5. The van der Waals surface area contributed by atoms with E-state index in [1.54, 1.807) is 6.20 Å². The van der Waals surface area contributed by atoms with E-state index in [2.05, 4.69) is 74.5 Å². The van der Waals surface area contributed by atoms with Crippen molar-refractivity contribution >= 4 is 31.4 Å². The highest BCUT2D eigenvalue weighted by Gasteiger charge is 2.41. The number of nitrogens with one attached hydrogen (secondary N) is 1. The minimum atomic E-state index is -1.85. The van der Waals surface area contributed by atoms with Crippen LogP contribution in [0.25, 0.3) is 5.57 Å². The van der Waals surface area contributed by atoms with Gasteiger partial charge in [-0.05, 0) is 54.9 Å². The molecule has 2 aliphatic rings. The summed E-state index contributed by atoms with van der Waals surface area (Å²) in [6, 6.07) is 8.68. The van der Waals surface area contributed by atoms with Gasteiger partial charge in [0.2, 0.25) is 5.95 Å². The van der Waals surface area contributed by atoms with Crippen LogP contribution in [0.3, 0.4) is 0 Å². The number of benzene rings is 1. The molecule has 2 aromatic rings. The maximum Gasteiger partial charge on any atom is 0.223 e. The quantitative estimate of drug-likeness (QED) is 0.540. The molecule has 5 nitrogen and oxygen atoms in total. The van der Waals surface area contributed by atoms with Gasteiger partial charge in [0.1, 0.15) is 0 Å². The fourth-order valence-electron chi connectivity index (χ4n) is 4.43. The van der Waals surface area contributed by atoms with Gasteiger partial charge in [0.25, 0.3) is 0 Å². The van der Waals surface area contributed by atoms with Gasteiger partial charge in [-0.1, -0.05) is 62.7 Å². The first-order chi connectivity index (χ1) is 15.0. The Bertz CT molecular complexity index is 1020. The number of anilines is 1. The third-order valence-electron chi connectivity index (χ3n) is 7.13. The van der Waals surface area contributed by atoms with Gasteiger partial charge in [0.05, 0.1) is 16.9 Å². The zero-order chi connectivity index (χ0) is 23.1. The predicted molar refractivity (Wildman–Crippen MR) is 136 cm³/mol. The average Bonchev–Trinajstić information content (AvgIpc) is 3.12. The Balaban J connectivity index is 1.50. The molecule has 0 saturated heterocycles. The predicted octanol–water partition coefficient (Wildman–Crippen LogP) is 5.80. The van der Waals surface area contributed by atoms with Gasteiger partial charge in [0, 0.05) is 23.8 Å². The second-order valence-electron chi connectivity index (χ2n) is 10.7. The first kappa shape index (κ1) is 23.4. The van der Waals surface area contributed by atoms with Crippen molar-refractivity contribution in [1.82, 2.24) is 9.97 Å². The number of rotatable bonds is 5. The molecule has 4 rings (SSSR count). The lowest BCUT2D eigenvalue weighted by molar-refractivity contribution is 0.122. The van der Waals surface area contributed by atoms with E-state index in [0.29, 0.717) is 11.0 Å². The van der Waals surface area contributed by atoms with Crippen LogP contribution in [-0.2, 0) is 10.8 Å². The standard InChI is InChI=1S/C25H35ClN4OSi/c1-25(2,3)32(4,5)31-19-13-17(27)12-18(14-19)29-24-28-15-22(26)23(30-24)21-11-10-16-8-6-7-9-20(16)21/h6-9,11,15,17-19H,10,12-14,27H2,1-5H3,(H,28,29,30)/t17?,18?,19-/m0/s1. The zero-order valence-corrected chi connectivity index (χ0v) is 21.5. The molecule has 2 unspecified atom stereocenters. The van der Waals surface area contributed by atoms with Crippen molar-refractivity contribution in [2.24, 2.45) is 5.73 Å². The van der Waals surface area contributed by atoms with E-state index in [-0.39, 0.29) is 23.2 Å². The number of hydrogen-bond donors (Lipinski definition) is 2. The number of nitrogens with zero attached hydrogens (tertiary/aromatic N) is 2. The number of hydrogen-bond acceptors (Lipinski definition) is 5. The van der Waals surface area contributed by atoms with Crippen LogP contribution in [0.15, 0.2) is 36.5 Å². The van der Waals surface area contributed by atoms with E-state index in [0.717, 1.165) is 37.0 Å². The van der Waals surface area contributed by atoms with Crippen LogP contribution in [0, 0.1) is 0 Å². The van der Waals surface area contributed by atoms with Crippen molar-refractivity contribution in [3.05, 3.63) is 58.4 Å². The number of nitrogens with two attached hydrogens (primary N) is 1. The van der Waals surface area contributed by atoms with Gasteiger partial charge in [0.15, 0.2) is 8.32 Å². The molecule has 0 bridgehead atoms. The van der Waals surface area contributed by atoms with Crippen molar-refractivity contribution in [3.63, 3.8) is 0 Å². The SMILES string of the molecule is CC(C)(C)[Si](C)(C)O[C@H]1CC(N)CC(Nc2ncc(Cl)c(C3=CCc4ccccc43)n2)C1. The maximum atomic E-state index is 6.69. The van der Waals surface area contributed by atoms with Crippen LogP contribution in [0.2, 0.25) is 23.2 Å². The fraction of sp³-hybridized carbons (Fsp3) is 0.520. The van der Waals surface area contributed by atoms with Crippen molar-refractivity contribution in [1.29, 1.82) is 0 Å². The lowest BCUT2D eigenvalue weighted by Gasteiger charge is -2.42. The summed E-state index contributed by atoms with van der Waals surface area (Å²) >= 11 is 6.52. The zero-order valence-electron chi connectivity index (χ0n) is 19.8. The molecular weight excluding hydrogens is 436 g/mol. The van der Waals surface area contributed by atoms with E-state index >= 15 is 0 Å². The van der Waals surface area contributed by atoms with Crippen LogP contribution in [-0.4, -0.2) is 36.5 Å². The van der Waals surface area contributed by atoms with Crippen LogP contribution in [0.5, 0.6) is 0 Å². The van der Waals surface area contributed by atoms with Gasteiger partial charge in [-0.2, -0.15) is 0 Å². The highest BCUT2D eigenvalue weighted by atomic mass is 35.5. The van der Waals surface area contributed by atoms with Gasteiger partial charge >= 0.3 is 0 Å². The highest BCUT2D eigenvalue weighted by Crippen LogP contribution is 2.39. The number of aromatic nitrogens is 2. The van der Waals surface area contributed by atoms with Crippen molar-refractivity contribution in [2.75, 3.05) is 5.32 Å². The van der Waals surface area contributed by atoms with E-state index in [1.807, 2.05) is 0 Å². The van der Waals surface area contributed by atoms with Gasteiger partial charge in [-0.3, -0.25) is 0 Å². The van der Waals surface area contributed by atoms with Gasteiger partial charge in [-0.25, -0.2) is 9.97 Å². The minimum absolute atomic E-state index is 0.104. The monoisotopic (exact) mass is 470 g/mol. The summed E-state index contributed by atoms with van der Waals surface area (Å²) < 4.78 is 6.69. The Morgan fingerprint density at radius 2 is 1.91 bits per heavy atom. The molecule has 1 fully saturated rings. The third-order valence-corrected chi connectivity index (χ3v) is 11.9. The molecule has 1 aromatic heterocycles. The normalized spacial score (nSPS) is 23.6. The Morgan fingerprint density at radius 3 is 2.66 bits per heavy atom. The topological polar surface area (TPSA) is 73.1 Å². The fourth-order valence-corrected chi connectivity index (χ4v) is 6.00. The van der Waals surface area contributed by atoms with Crippen LogP contribution in [0.1, 0.15) is 56.9 Å². The summed E-state index contributed by atoms with van der Waals surface area (Å²) in [5, 5.41) is 4.27. The number of fused-ring (bicyclic) bond motifs is 1.